The van der Waals surface area contributed by atoms with E-state index in [1.807, 2.05) is 0 Å². The van der Waals surface area contributed by atoms with Crippen LogP contribution in [-0.4, -0.2) is 38.6 Å². The van der Waals surface area contributed by atoms with Gasteiger partial charge >= 0.3 is 0 Å². The summed E-state index contributed by atoms with van der Waals surface area (Å²) in [4.78, 5) is 31.3. The molecule has 0 spiro atoms. The largest absolute Gasteiger partial charge is 0.471 e. The predicted molar refractivity (Wildman–Crippen MR) is 96.1 cm³/mol. The van der Waals surface area contributed by atoms with Gasteiger partial charge in [0.2, 0.25) is 6.10 Å². The van der Waals surface area contributed by atoms with Gasteiger partial charge in [-0.3, -0.25) is 14.4 Å². The van der Waals surface area contributed by atoms with Crippen molar-refractivity contribution in [1.29, 1.82) is 0 Å². The Labute approximate surface area is 152 Å². The fourth-order valence-corrected chi connectivity index (χ4v) is 1.91. The van der Waals surface area contributed by atoms with Crippen LogP contribution < -0.4 is 11.1 Å². The topological polar surface area (TPSA) is 108 Å². The van der Waals surface area contributed by atoms with Crippen LogP contribution in [0.15, 0.2) is 36.4 Å². The maximum Gasteiger partial charge on any atom is 0.292 e. The van der Waals surface area contributed by atoms with Crippen LogP contribution in [0.1, 0.15) is 19.3 Å². The molecule has 1 aromatic carbocycles. The Kier molecular flexibility index (Phi) is 12.7. The van der Waals surface area contributed by atoms with E-state index in [4.69, 9.17) is 22.1 Å². The number of primary amides is 1. The Hall–Kier alpha value is -2.38. The number of amides is 2. The minimum atomic E-state index is -1.31. The molecule has 2 amide bonds. The third kappa shape index (κ3) is 10.9. The maximum atomic E-state index is 11.5. The maximum absolute atomic E-state index is 11.5. The van der Waals surface area contributed by atoms with Crippen LogP contribution in [0, 0.1) is 0 Å². The van der Waals surface area contributed by atoms with Gasteiger partial charge in [0.25, 0.3) is 18.3 Å². The molecule has 1 aliphatic carbocycles. The third-order valence-corrected chi connectivity index (χ3v) is 3.06. The molecule has 8 heteroatoms. The summed E-state index contributed by atoms with van der Waals surface area (Å²) in [6, 6.07) is 6.52. The quantitative estimate of drug-likeness (QED) is 0.469. The van der Waals surface area contributed by atoms with Gasteiger partial charge in [-0.15, -0.1) is 0 Å². The van der Waals surface area contributed by atoms with Crippen LogP contribution >= 0.6 is 11.6 Å². The summed E-state index contributed by atoms with van der Waals surface area (Å²) in [5.74, 6) is -1.47. The lowest BCUT2D eigenvalue weighted by Crippen LogP contribution is -2.40. The molecular formula is C17H23ClN2O5. The minimum absolute atomic E-state index is 0.375. The van der Waals surface area contributed by atoms with Crippen molar-refractivity contribution >= 4 is 35.6 Å². The van der Waals surface area contributed by atoms with Crippen molar-refractivity contribution < 1.29 is 23.9 Å². The lowest BCUT2D eigenvalue weighted by atomic mass is 10.2. The summed E-state index contributed by atoms with van der Waals surface area (Å²) in [6.07, 6.45) is 7.19. The SMILES string of the molecule is C1=CCCC1.COC(C(N)=O)C(=O)Nc1cccc(Cl)c1.COC=O. The molecule has 0 aromatic heterocycles. The average Bonchev–Trinajstić information content (AvgIpc) is 3.15. The van der Waals surface area contributed by atoms with Gasteiger partial charge in [0.15, 0.2) is 0 Å². The zero-order chi connectivity index (χ0) is 19.1. The smallest absolute Gasteiger partial charge is 0.292 e. The Morgan fingerprint density at radius 1 is 1.28 bits per heavy atom. The summed E-state index contributed by atoms with van der Waals surface area (Å²) in [6.45, 7) is 0.375. The number of ether oxygens (including phenoxy) is 2. The molecular weight excluding hydrogens is 348 g/mol. The molecule has 0 heterocycles. The van der Waals surface area contributed by atoms with Crippen molar-refractivity contribution in [1.82, 2.24) is 0 Å². The molecule has 3 N–H and O–H groups in total. The Morgan fingerprint density at radius 3 is 2.24 bits per heavy atom. The lowest BCUT2D eigenvalue weighted by Gasteiger charge is -2.11. The molecule has 7 nitrogen and oxygen atoms in total. The first-order valence-corrected chi connectivity index (χ1v) is 7.84. The van der Waals surface area contributed by atoms with E-state index in [-0.39, 0.29) is 0 Å². The molecule has 0 saturated heterocycles. The van der Waals surface area contributed by atoms with E-state index < -0.39 is 17.9 Å². The first-order chi connectivity index (χ1) is 12.0. The van der Waals surface area contributed by atoms with Crippen molar-refractivity contribution in [2.24, 2.45) is 5.73 Å². The summed E-state index contributed by atoms with van der Waals surface area (Å²) >= 11 is 5.73. The molecule has 1 unspecified atom stereocenters. The van der Waals surface area contributed by atoms with E-state index in [0.29, 0.717) is 17.2 Å². The number of anilines is 1. The summed E-state index contributed by atoms with van der Waals surface area (Å²) in [5.41, 5.74) is 5.45. The number of nitrogens with one attached hydrogen (secondary N) is 1. The van der Waals surface area contributed by atoms with Crippen molar-refractivity contribution in [3.8, 4) is 0 Å². The molecule has 0 aliphatic heterocycles. The van der Waals surface area contributed by atoms with Gasteiger partial charge in [-0.1, -0.05) is 29.8 Å². The average molecular weight is 371 g/mol. The van der Waals surface area contributed by atoms with Crippen molar-refractivity contribution in [2.75, 3.05) is 19.5 Å². The number of benzene rings is 1. The number of allylic oxidation sites excluding steroid dienone is 2. The van der Waals surface area contributed by atoms with E-state index in [9.17, 15) is 9.59 Å². The van der Waals surface area contributed by atoms with Crippen LogP contribution in [0.4, 0.5) is 5.69 Å². The van der Waals surface area contributed by atoms with Gasteiger partial charge in [-0.05, 0) is 37.5 Å². The van der Waals surface area contributed by atoms with Crippen LogP contribution in [0.3, 0.4) is 0 Å². The Bertz CT molecular complexity index is 572. The number of carbonyl (C=O) groups excluding carboxylic acids is 3. The van der Waals surface area contributed by atoms with E-state index in [0.717, 1.165) is 0 Å². The van der Waals surface area contributed by atoms with Gasteiger partial charge in [0.05, 0.1) is 7.11 Å². The molecule has 138 valence electrons. The number of nitrogens with two attached hydrogens (primary N) is 1. The highest BCUT2D eigenvalue weighted by molar-refractivity contribution is 6.30. The molecule has 0 fully saturated rings. The van der Waals surface area contributed by atoms with Gasteiger partial charge < -0.3 is 20.5 Å². The van der Waals surface area contributed by atoms with Gasteiger partial charge in [0.1, 0.15) is 0 Å². The minimum Gasteiger partial charge on any atom is -0.471 e. The van der Waals surface area contributed by atoms with Gasteiger partial charge in [0, 0.05) is 17.8 Å². The van der Waals surface area contributed by atoms with Crippen LogP contribution in [-0.2, 0) is 23.9 Å². The Balaban J connectivity index is 0.000000521. The van der Waals surface area contributed by atoms with E-state index in [1.54, 1.807) is 24.3 Å². The first kappa shape index (κ1) is 22.6. The fourth-order valence-electron chi connectivity index (χ4n) is 1.72. The van der Waals surface area contributed by atoms with Gasteiger partial charge in [-0.2, -0.15) is 0 Å². The number of carbonyl (C=O) groups is 3. The predicted octanol–water partition coefficient (Wildman–Crippen LogP) is 2.29. The second kappa shape index (κ2) is 14.0. The van der Waals surface area contributed by atoms with Crippen molar-refractivity contribution in [3.63, 3.8) is 0 Å². The number of rotatable bonds is 5. The van der Waals surface area contributed by atoms with E-state index in [2.05, 4.69) is 26.9 Å². The second-order valence-electron chi connectivity index (χ2n) is 4.75. The standard InChI is InChI=1S/C10H11ClN2O3.C5H8.C2H4O2/c1-16-8(9(12)14)10(15)13-7-4-2-3-6(11)5-7;1-2-4-5-3-1;1-4-2-3/h2-5,8H,1H3,(H2,12,14)(H,13,15);1-2H,3-5H2;2H,1H3. The molecule has 1 atom stereocenters. The van der Waals surface area contributed by atoms with E-state index in [1.165, 1.54) is 33.5 Å². The number of halogens is 1. The number of methoxy groups -OCH3 is 2. The molecule has 0 radical (unpaired) electrons. The lowest BCUT2D eigenvalue weighted by molar-refractivity contribution is -0.138. The Morgan fingerprint density at radius 2 is 1.88 bits per heavy atom. The summed E-state index contributed by atoms with van der Waals surface area (Å²) in [7, 11) is 2.54. The highest BCUT2D eigenvalue weighted by Crippen LogP contribution is 2.15. The molecule has 25 heavy (non-hydrogen) atoms. The van der Waals surface area contributed by atoms with Gasteiger partial charge in [-0.25, -0.2) is 0 Å². The van der Waals surface area contributed by atoms with Crippen LogP contribution in [0.5, 0.6) is 0 Å². The molecule has 0 bridgehead atoms. The normalized spacial score (nSPS) is 12.6. The van der Waals surface area contributed by atoms with Crippen LogP contribution in [0.2, 0.25) is 5.02 Å². The summed E-state index contributed by atoms with van der Waals surface area (Å²) in [5, 5.41) is 2.94. The molecule has 1 aliphatic rings. The summed E-state index contributed by atoms with van der Waals surface area (Å²) < 4.78 is 8.52. The highest BCUT2D eigenvalue weighted by atomic mass is 35.5. The third-order valence-electron chi connectivity index (χ3n) is 2.83. The second-order valence-corrected chi connectivity index (χ2v) is 5.19. The highest BCUT2D eigenvalue weighted by Gasteiger charge is 2.23. The van der Waals surface area contributed by atoms with Crippen molar-refractivity contribution in [2.45, 2.75) is 25.4 Å². The zero-order valence-corrected chi connectivity index (χ0v) is 15.0. The fraction of sp³-hybridized carbons (Fsp3) is 0.353. The van der Waals surface area contributed by atoms with Crippen molar-refractivity contribution in [3.05, 3.63) is 41.4 Å². The molecule has 2 rings (SSSR count). The monoisotopic (exact) mass is 370 g/mol. The van der Waals surface area contributed by atoms with Crippen LogP contribution in [0.25, 0.3) is 0 Å². The molecule has 0 saturated carbocycles. The first-order valence-electron chi connectivity index (χ1n) is 7.46. The number of hydrogen-bond acceptors (Lipinski definition) is 5. The number of hydrogen-bond donors (Lipinski definition) is 2. The zero-order valence-electron chi connectivity index (χ0n) is 14.2. The van der Waals surface area contributed by atoms with E-state index >= 15 is 0 Å². The molecule has 1 aromatic rings.